The minimum absolute atomic E-state index is 0.0113. The van der Waals surface area contributed by atoms with Crippen LogP contribution in [0, 0.1) is 0 Å². The number of nitrogens with one attached hydrogen (secondary N) is 1. The number of aromatic nitrogens is 2. The molecule has 1 aliphatic rings. The molecular formula is C21H23N3O2. The molecule has 0 atom stereocenters. The fourth-order valence-corrected chi connectivity index (χ4v) is 3.38. The maximum absolute atomic E-state index is 13.3. The zero-order valence-electron chi connectivity index (χ0n) is 15.2. The van der Waals surface area contributed by atoms with Gasteiger partial charge in [-0.05, 0) is 49.9 Å². The minimum Gasteiger partial charge on any atom is -0.494 e. The first-order valence-electron chi connectivity index (χ1n) is 9.15. The molecule has 5 heteroatoms. The Morgan fingerprint density at radius 3 is 2.65 bits per heavy atom. The van der Waals surface area contributed by atoms with Gasteiger partial charge in [-0.1, -0.05) is 12.1 Å². The number of ether oxygens (including phenoxy) is 1. The summed E-state index contributed by atoms with van der Waals surface area (Å²) in [5, 5.41) is 4.11. The van der Waals surface area contributed by atoms with Crippen molar-refractivity contribution in [3.8, 4) is 16.9 Å². The van der Waals surface area contributed by atoms with Crippen LogP contribution in [0.2, 0.25) is 0 Å². The lowest BCUT2D eigenvalue weighted by molar-refractivity contribution is 0.340. The first-order chi connectivity index (χ1) is 12.7. The quantitative estimate of drug-likeness (QED) is 0.757. The van der Waals surface area contributed by atoms with Crippen molar-refractivity contribution in [2.75, 3.05) is 11.9 Å². The van der Waals surface area contributed by atoms with Crippen molar-refractivity contribution in [3.05, 3.63) is 52.9 Å². The first-order valence-corrected chi connectivity index (χ1v) is 9.15. The summed E-state index contributed by atoms with van der Waals surface area (Å²) in [6.07, 6.45) is 7.17. The summed E-state index contributed by atoms with van der Waals surface area (Å²) in [6, 6.07) is 9.99. The van der Waals surface area contributed by atoms with Gasteiger partial charge in [-0.2, -0.15) is 0 Å². The number of benzene rings is 1. The normalized spacial score (nSPS) is 14.2. The Kier molecular flexibility index (Phi) is 4.37. The van der Waals surface area contributed by atoms with E-state index in [4.69, 9.17) is 4.74 Å². The highest BCUT2D eigenvalue weighted by molar-refractivity contribution is 5.92. The summed E-state index contributed by atoms with van der Waals surface area (Å²) in [5.41, 5.74) is 2.46. The molecular weight excluding hydrogens is 326 g/mol. The largest absolute Gasteiger partial charge is 0.494 e. The van der Waals surface area contributed by atoms with E-state index in [-0.39, 0.29) is 5.43 Å². The van der Waals surface area contributed by atoms with Gasteiger partial charge < -0.3 is 14.6 Å². The van der Waals surface area contributed by atoms with Gasteiger partial charge in [0.05, 0.1) is 17.5 Å². The Morgan fingerprint density at radius 2 is 2.00 bits per heavy atom. The van der Waals surface area contributed by atoms with Crippen LogP contribution in [0.4, 0.5) is 5.82 Å². The van der Waals surface area contributed by atoms with Gasteiger partial charge in [0.2, 0.25) is 5.43 Å². The SMILES string of the molecule is CCOc1ccc(-c2cn(C)c3ccnc(NC4CCC4)c3c2=O)cc1. The third-order valence-electron chi connectivity index (χ3n) is 5.03. The number of aryl methyl sites for hydroxylation is 1. The zero-order valence-corrected chi connectivity index (χ0v) is 15.2. The molecule has 134 valence electrons. The maximum Gasteiger partial charge on any atom is 0.200 e. The topological polar surface area (TPSA) is 56.1 Å². The van der Waals surface area contributed by atoms with Crippen LogP contribution in [0.25, 0.3) is 22.0 Å². The fourth-order valence-electron chi connectivity index (χ4n) is 3.38. The van der Waals surface area contributed by atoms with Crippen LogP contribution in [-0.4, -0.2) is 22.2 Å². The predicted molar refractivity (Wildman–Crippen MR) is 105 cm³/mol. The molecule has 4 rings (SSSR count). The van der Waals surface area contributed by atoms with E-state index in [9.17, 15) is 4.79 Å². The molecule has 1 fully saturated rings. The molecule has 0 radical (unpaired) electrons. The maximum atomic E-state index is 13.3. The molecule has 0 spiro atoms. The Hall–Kier alpha value is -2.82. The molecule has 2 heterocycles. The van der Waals surface area contributed by atoms with Crippen molar-refractivity contribution >= 4 is 16.7 Å². The third-order valence-corrected chi connectivity index (χ3v) is 5.03. The second-order valence-electron chi connectivity index (χ2n) is 6.77. The van der Waals surface area contributed by atoms with Gasteiger partial charge in [0.1, 0.15) is 11.6 Å². The van der Waals surface area contributed by atoms with E-state index in [1.165, 1.54) is 6.42 Å². The average molecular weight is 349 g/mol. The first kappa shape index (κ1) is 16.6. The highest BCUT2D eigenvalue weighted by Crippen LogP contribution is 2.27. The molecule has 1 N–H and O–H groups in total. The number of rotatable bonds is 5. The lowest BCUT2D eigenvalue weighted by Gasteiger charge is -2.27. The standard InChI is InChI=1S/C21H23N3O2/c1-3-26-16-9-7-14(8-10-16)17-13-24(2)18-11-12-22-21(19(18)20(17)25)23-15-5-4-6-15/h7-13,15H,3-6H2,1-2H3,(H,22,23). The minimum atomic E-state index is 0.0113. The average Bonchev–Trinajstić information content (AvgIpc) is 2.62. The monoisotopic (exact) mass is 349 g/mol. The van der Waals surface area contributed by atoms with Crippen LogP contribution < -0.4 is 15.5 Å². The van der Waals surface area contributed by atoms with Gasteiger partial charge in [-0.15, -0.1) is 0 Å². The van der Waals surface area contributed by atoms with Crippen molar-refractivity contribution < 1.29 is 4.74 Å². The number of pyridine rings is 2. The van der Waals surface area contributed by atoms with E-state index in [1.807, 2.05) is 55.1 Å². The Bertz CT molecular complexity index is 989. The van der Waals surface area contributed by atoms with Crippen molar-refractivity contribution in [1.82, 2.24) is 9.55 Å². The Labute approximate surface area is 152 Å². The Balaban J connectivity index is 1.83. The van der Waals surface area contributed by atoms with Crippen molar-refractivity contribution in [2.24, 2.45) is 7.05 Å². The Morgan fingerprint density at radius 1 is 1.23 bits per heavy atom. The summed E-state index contributed by atoms with van der Waals surface area (Å²) >= 11 is 0. The van der Waals surface area contributed by atoms with E-state index >= 15 is 0 Å². The molecule has 1 saturated carbocycles. The molecule has 0 unspecified atom stereocenters. The van der Waals surface area contributed by atoms with Crippen molar-refractivity contribution in [1.29, 1.82) is 0 Å². The molecule has 0 bridgehead atoms. The highest BCUT2D eigenvalue weighted by atomic mass is 16.5. The fraction of sp³-hybridized carbons (Fsp3) is 0.333. The molecule has 2 aromatic heterocycles. The molecule has 0 amide bonds. The van der Waals surface area contributed by atoms with E-state index in [0.717, 1.165) is 29.7 Å². The van der Waals surface area contributed by atoms with Crippen LogP contribution >= 0.6 is 0 Å². The number of hydrogen-bond acceptors (Lipinski definition) is 4. The van der Waals surface area contributed by atoms with Gasteiger partial charge in [0, 0.05) is 31.0 Å². The van der Waals surface area contributed by atoms with E-state index in [1.54, 1.807) is 6.20 Å². The van der Waals surface area contributed by atoms with Gasteiger partial charge in [-0.3, -0.25) is 4.79 Å². The lowest BCUT2D eigenvalue weighted by atomic mass is 9.93. The summed E-state index contributed by atoms with van der Waals surface area (Å²) < 4.78 is 7.50. The number of hydrogen-bond donors (Lipinski definition) is 1. The van der Waals surface area contributed by atoms with Crippen LogP contribution in [-0.2, 0) is 7.05 Å². The lowest BCUT2D eigenvalue weighted by Crippen LogP contribution is -2.28. The molecule has 26 heavy (non-hydrogen) atoms. The molecule has 0 aliphatic heterocycles. The molecule has 5 nitrogen and oxygen atoms in total. The predicted octanol–water partition coefficient (Wildman–Crippen LogP) is 3.96. The molecule has 1 aliphatic carbocycles. The smallest absolute Gasteiger partial charge is 0.200 e. The van der Waals surface area contributed by atoms with Crippen LogP contribution in [0.3, 0.4) is 0 Å². The van der Waals surface area contributed by atoms with E-state index in [2.05, 4.69) is 10.3 Å². The van der Waals surface area contributed by atoms with E-state index in [0.29, 0.717) is 29.4 Å². The molecule has 1 aromatic carbocycles. The van der Waals surface area contributed by atoms with E-state index < -0.39 is 0 Å². The highest BCUT2D eigenvalue weighted by Gasteiger charge is 2.20. The van der Waals surface area contributed by atoms with Crippen LogP contribution in [0.15, 0.2) is 47.5 Å². The van der Waals surface area contributed by atoms with Gasteiger partial charge in [0.25, 0.3) is 0 Å². The van der Waals surface area contributed by atoms with Crippen molar-refractivity contribution in [2.45, 2.75) is 32.2 Å². The third kappa shape index (κ3) is 2.94. The molecule has 0 saturated heterocycles. The summed E-state index contributed by atoms with van der Waals surface area (Å²) in [5.74, 6) is 1.50. The van der Waals surface area contributed by atoms with Crippen molar-refractivity contribution in [3.63, 3.8) is 0 Å². The van der Waals surface area contributed by atoms with Gasteiger partial charge in [0.15, 0.2) is 0 Å². The van der Waals surface area contributed by atoms with Crippen LogP contribution in [0.1, 0.15) is 26.2 Å². The van der Waals surface area contributed by atoms with Crippen LogP contribution in [0.5, 0.6) is 5.75 Å². The summed E-state index contributed by atoms with van der Waals surface area (Å²) in [6.45, 7) is 2.58. The number of nitrogens with zero attached hydrogens (tertiary/aromatic N) is 2. The number of anilines is 1. The summed E-state index contributed by atoms with van der Waals surface area (Å²) in [4.78, 5) is 17.7. The van der Waals surface area contributed by atoms with Gasteiger partial charge in [-0.25, -0.2) is 4.98 Å². The number of fused-ring (bicyclic) bond motifs is 1. The van der Waals surface area contributed by atoms with Gasteiger partial charge >= 0.3 is 0 Å². The second kappa shape index (κ2) is 6.83. The second-order valence-corrected chi connectivity index (χ2v) is 6.77. The molecule has 3 aromatic rings. The zero-order chi connectivity index (χ0) is 18.1. The summed E-state index contributed by atoms with van der Waals surface area (Å²) in [7, 11) is 1.97.